The Labute approximate surface area is 117 Å². The van der Waals surface area contributed by atoms with Crippen molar-refractivity contribution in [2.45, 2.75) is 6.92 Å². The first kappa shape index (κ1) is 13.6. The molecule has 0 saturated carbocycles. The number of Topliss-reactive ketones (excluding diaryl/α,β-unsaturated/α-hetero) is 1. The number of ketones is 1. The second-order valence-electron chi connectivity index (χ2n) is 4.21. The predicted molar refractivity (Wildman–Crippen MR) is 76.5 cm³/mol. The van der Waals surface area contributed by atoms with Crippen LogP contribution in [0.5, 0.6) is 0 Å². The number of hydrogen-bond acceptors (Lipinski definition) is 2. The first-order chi connectivity index (χ1) is 9.66. The maximum Gasteiger partial charge on any atom is 0.268 e. The van der Waals surface area contributed by atoms with Crippen LogP contribution in [0.3, 0.4) is 0 Å². The summed E-state index contributed by atoms with van der Waals surface area (Å²) in [5.74, 6) is 5.46. The zero-order chi connectivity index (χ0) is 14.4. The van der Waals surface area contributed by atoms with Gasteiger partial charge in [-0.25, -0.2) is 0 Å². The Balaban J connectivity index is 1.89. The maximum absolute atomic E-state index is 11.8. The number of aromatic nitrogens is 1. The van der Waals surface area contributed by atoms with E-state index >= 15 is 0 Å². The number of hydrogen-bond donors (Lipinski definition) is 2. The molecule has 0 unspecified atom stereocenters. The van der Waals surface area contributed by atoms with Gasteiger partial charge in [-0.1, -0.05) is 30.0 Å². The molecule has 100 valence electrons. The normalized spacial score (nSPS) is 9.45. The molecule has 2 rings (SSSR count). The lowest BCUT2D eigenvalue weighted by atomic mass is 10.2. The molecule has 0 bridgehead atoms. The van der Waals surface area contributed by atoms with Gasteiger partial charge in [-0.05, 0) is 25.1 Å². The van der Waals surface area contributed by atoms with Gasteiger partial charge in [0.2, 0.25) is 0 Å². The Morgan fingerprint density at radius 3 is 2.65 bits per heavy atom. The molecule has 2 aromatic rings. The van der Waals surface area contributed by atoms with Gasteiger partial charge >= 0.3 is 0 Å². The van der Waals surface area contributed by atoms with Crippen molar-refractivity contribution in [1.29, 1.82) is 0 Å². The van der Waals surface area contributed by atoms with Crippen molar-refractivity contribution < 1.29 is 9.59 Å². The summed E-state index contributed by atoms with van der Waals surface area (Å²) in [4.78, 5) is 25.7. The van der Waals surface area contributed by atoms with Crippen LogP contribution in [-0.4, -0.2) is 23.2 Å². The molecule has 0 saturated heterocycles. The molecule has 20 heavy (non-hydrogen) atoms. The molecule has 0 spiro atoms. The van der Waals surface area contributed by atoms with Crippen LogP contribution >= 0.6 is 0 Å². The summed E-state index contributed by atoms with van der Waals surface area (Å²) < 4.78 is 0. The van der Waals surface area contributed by atoms with E-state index in [4.69, 9.17) is 0 Å². The summed E-state index contributed by atoms with van der Waals surface area (Å²) in [6.45, 7) is 1.71. The standard InChI is InChI=1S/C16H14N2O2/c1-12(19)14-10-15(18-11-14)16(20)17-9-5-8-13-6-3-2-4-7-13/h2-4,6-7,10-11,18H,9H2,1H3,(H,17,20). The molecule has 0 aliphatic carbocycles. The van der Waals surface area contributed by atoms with Crippen molar-refractivity contribution >= 4 is 11.7 Å². The van der Waals surface area contributed by atoms with Crippen LogP contribution < -0.4 is 5.32 Å². The van der Waals surface area contributed by atoms with Gasteiger partial charge in [0.05, 0.1) is 6.54 Å². The molecular formula is C16H14N2O2. The molecule has 0 radical (unpaired) electrons. The van der Waals surface area contributed by atoms with Gasteiger partial charge in [0.1, 0.15) is 5.69 Å². The van der Waals surface area contributed by atoms with E-state index in [1.807, 2.05) is 30.3 Å². The summed E-state index contributed by atoms with van der Waals surface area (Å²) in [6, 6.07) is 11.1. The second kappa shape index (κ2) is 6.39. The van der Waals surface area contributed by atoms with E-state index in [0.29, 0.717) is 11.3 Å². The van der Waals surface area contributed by atoms with E-state index in [0.717, 1.165) is 5.56 Å². The molecule has 0 fully saturated rings. The zero-order valence-corrected chi connectivity index (χ0v) is 11.1. The van der Waals surface area contributed by atoms with Gasteiger partial charge in [-0.15, -0.1) is 0 Å². The fourth-order valence-electron chi connectivity index (χ4n) is 1.62. The molecule has 0 atom stereocenters. The maximum atomic E-state index is 11.8. The van der Waals surface area contributed by atoms with Gasteiger partial charge in [-0.3, -0.25) is 9.59 Å². The van der Waals surface area contributed by atoms with Crippen molar-refractivity contribution in [1.82, 2.24) is 10.3 Å². The smallest absolute Gasteiger partial charge is 0.268 e. The minimum atomic E-state index is -0.278. The van der Waals surface area contributed by atoms with Crippen LogP contribution in [-0.2, 0) is 0 Å². The summed E-state index contributed by atoms with van der Waals surface area (Å²) in [5.41, 5.74) is 1.75. The van der Waals surface area contributed by atoms with Gasteiger partial charge in [0, 0.05) is 17.3 Å². The Hall–Kier alpha value is -2.80. The Morgan fingerprint density at radius 1 is 1.25 bits per heavy atom. The van der Waals surface area contributed by atoms with E-state index in [2.05, 4.69) is 22.1 Å². The number of benzene rings is 1. The van der Waals surface area contributed by atoms with Crippen molar-refractivity contribution in [2.24, 2.45) is 0 Å². The summed E-state index contributed by atoms with van der Waals surface area (Å²) in [7, 11) is 0. The molecule has 0 aliphatic rings. The minimum Gasteiger partial charge on any atom is -0.356 e. The van der Waals surface area contributed by atoms with Crippen molar-refractivity contribution in [2.75, 3.05) is 6.54 Å². The van der Waals surface area contributed by atoms with Crippen LogP contribution in [0.15, 0.2) is 42.6 Å². The minimum absolute atomic E-state index is 0.0795. The first-order valence-electron chi connectivity index (χ1n) is 6.18. The Morgan fingerprint density at radius 2 is 2.00 bits per heavy atom. The van der Waals surface area contributed by atoms with E-state index in [1.165, 1.54) is 19.2 Å². The van der Waals surface area contributed by atoms with E-state index < -0.39 is 0 Å². The lowest BCUT2D eigenvalue weighted by molar-refractivity contribution is 0.0954. The predicted octanol–water partition coefficient (Wildman–Crippen LogP) is 2.00. The molecule has 4 heteroatoms. The second-order valence-corrected chi connectivity index (χ2v) is 4.21. The highest BCUT2D eigenvalue weighted by atomic mass is 16.2. The summed E-state index contributed by atoms with van der Waals surface area (Å²) in [5, 5.41) is 2.67. The number of carbonyl (C=O) groups is 2. The fraction of sp³-hybridized carbons (Fsp3) is 0.125. The number of H-pyrrole nitrogens is 1. The quantitative estimate of drug-likeness (QED) is 0.659. The van der Waals surface area contributed by atoms with Gasteiger partial charge < -0.3 is 10.3 Å². The third kappa shape index (κ3) is 3.59. The number of rotatable bonds is 3. The van der Waals surface area contributed by atoms with Crippen LogP contribution in [0.25, 0.3) is 0 Å². The van der Waals surface area contributed by atoms with Gasteiger partial charge in [-0.2, -0.15) is 0 Å². The number of amides is 1. The Kier molecular flexibility index (Phi) is 4.35. The molecular weight excluding hydrogens is 252 g/mol. The first-order valence-corrected chi connectivity index (χ1v) is 6.18. The molecule has 1 amide bonds. The van der Waals surface area contributed by atoms with Gasteiger partial charge in [0.25, 0.3) is 5.91 Å². The lowest BCUT2D eigenvalue weighted by Crippen LogP contribution is -2.23. The highest BCUT2D eigenvalue weighted by molar-refractivity contribution is 5.99. The third-order valence-electron chi connectivity index (χ3n) is 2.68. The van der Waals surface area contributed by atoms with Crippen molar-refractivity contribution in [3.63, 3.8) is 0 Å². The molecule has 2 N–H and O–H groups in total. The van der Waals surface area contributed by atoms with Crippen LogP contribution in [0.1, 0.15) is 33.3 Å². The van der Waals surface area contributed by atoms with E-state index in [-0.39, 0.29) is 18.2 Å². The van der Waals surface area contributed by atoms with Crippen LogP contribution in [0.4, 0.5) is 0 Å². The molecule has 1 aromatic heterocycles. The highest BCUT2D eigenvalue weighted by Crippen LogP contribution is 2.03. The molecule has 1 heterocycles. The van der Waals surface area contributed by atoms with Crippen molar-refractivity contribution in [3.8, 4) is 11.8 Å². The highest BCUT2D eigenvalue weighted by Gasteiger charge is 2.09. The molecule has 4 nitrogen and oxygen atoms in total. The summed E-state index contributed by atoms with van der Waals surface area (Å²) >= 11 is 0. The lowest BCUT2D eigenvalue weighted by Gasteiger charge is -1.97. The van der Waals surface area contributed by atoms with Crippen LogP contribution in [0, 0.1) is 11.8 Å². The average Bonchev–Trinajstić information content (AvgIpc) is 2.94. The number of carbonyl (C=O) groups excluding carboxylic acids is 2. The SMILES string of the molecule is CC(=O)c1c[nH]c(C(=O)NCC#Cc2ccccc2)c1. The summed E-state index contributed by atoms with van der Waals surface area (Å²) in [6.07, 6.45) is 1.52. The topological polar surface area (TPSA) is 62.0 Å². The largest absolute Gasteiger partial charge is 0.356 e. The third-order valence-corrected chi connectivity index (χ3v) is 2.68. The molecule has 0 aliphatic heterocycles. The fourth-order valence-corrected chi connectivity index (χ4v) is 1.62. The average molecular weight is 266 g/mol. The van der Waals surface area contributed by atoms with Crippen LogP contribution in [0.2, 0.25) is 0 Å². The number of aromatic amines is 1. The van der Waals surface area contributed by atoms with E-state index in [1.54, 1.807) is 0 Å². The van der Waals surface area contributed by atoms with E-state index in [9.17, 15) is 9.59 Å². The molecule has 1 aromatic carbocycles. The monoisotopic (exact) mass is 266 g/mol. The Bertz CT molecular complexity index is 675. The zero-order valence-electron chi connectivity index (χ0n) is 11.1. The van der Waals surface area contributed by atoms with Crippen molar-refractivity contribution in [3.05, 3.63) is 59.4 Å². The number of nitrogens with one attached hydrogen (secondary N) is 2. The van der Waals surface area contributed by atoms with Gasteiger partial charge in [0.15, 0.2) is 5.78 Å².